The number of hydrogen-bond donors (Lipinski definition) is 1. The topological polar surface area (TPSA) is 66.8 Å². The van der Waals surface area contributed by atoms with Gasteiger partial charge in [0, 0.05) is 36.1 Å². The molecule has 2 aromatic heterocycles. The summed E-state index contributed by atoms with van der Waals surface area (Å²) in [6.07, 6.45) is 6.20. The van der Waals surface area contributed by atoms with Crippen LogP contribution in [0.5, 0.6) is 0 Å². The largest absolute Gasteiger partial charge is 0.358 e. The van der Waals surface area contributed by atoms with Crippen LogP contribution in [-0.4, -0.2) is 33.8 Å². The minimum atomic E-state index is 0.481. The van der Waals surface area contributed by atoms with Crippen LogP contribution in [0, 0.1) is 6.92 Å². The Morgan fingerprint density at radius 2 is 1.96 bits per heavy atom. The van der Waals surface area contributed by atoms with Gasteiger partial charge in [0.1, 0.15) is 0 Å². The molecule has 0 atom stereocenters. The van der Waals surface area contributed by atoms with Gasteiger partial charge in [-0.25, -0.2) is 0 Å². The molecule has 0 aliphatic heterocycles. The van der Waals surface area contributed by atoms with E-state index in [-0.39, 0.29) is 0 Å². The van der Waals surface area contributed by atoms with Gasteiger partial charge in [-0.2, -0.15) is 10.1 Å². The van der Waals surface area contributed by atoms with Gasteiger partial charge in [0.15, 0.2) is 5.82 Å². The summed E-state index contributed by atoms with van der Waals surface area (Å²) in [5, 5.41) is 11.3. The van der Waals surface area contributed by atoms with Gasteiger partial charge in [0.25, 0.3) is 0 Å². The average molecular weight is 399 g/mol. The number of hydrogen-bond acceptors (Lipinski definition) is 6. The van der Waals surface area contributed by atoms with Crippen molar-refractivity contribution in [3.05, 3.63) is 64.5 Å². The number of halogens is 1. The lowest BCUT2D eigenvalue weighted by Gasteiger charge is -2.18. The second-order valence-corrected chi connectivity index (χ2v) is 6.61. The number of benzene rings is 1. The second-order valence-electron chi connectivity index (χ2n) is 5.75. The average Bonchev–Trinajstić information content (AvgIpc) is 2.64. The molecule has 0 bridgehead atoms. The highest BCUT2D eigenvalue weighted by Gasteiger charge is 2.07. The molecule has 0 radical (unpaired) electrons. The molecular formula is C18H19BrN6. The van der Waals surface area contributed by atoms with Gasteiger partial charge in [-0.3, -0.25) is 4.98 Å². The summed E-state index contributed by atoms with van der Waals surface area (Å²) < 4.78 is 1.07. The summed E-state index contributed by atoms with van der Waals surface area (Å²) in [5.41, 5.74) is 3.32. The Bertz CT molecular complexity index is 840. The fourth-order valence-electron chi connectivity index (χ4n) is 2.34. The number of nitrogens with one attached hydrogen (secondary N) is 1. The smallest absolute Gasteiger partial charge is 0.249 e. The molecule has 1 N–H and O–H groups in total. The predicted octanol–water partition coefficient (Wildman–Crippen LogP) is 3.76. The van der Waals surface area contributed by atoms with E-state index < -0.39 is 0 Å². The van der Waals surface area contributed by atoms with E-state index in [1.165, 1.54) is 5.56 Å². The van der Waals surface area contributed by atoms with E-state index in [0.29, 0.717) is 5.95 Å². The number of aromatic nitrogens is 4. The normalized spacial score (nSPS) is 10.5. The fraction of sp³-hybridized carbons (Fsp3) is 0.222. The maximum atomic E-state index is 4.55. The van der Waals surface area contributed by atoms with Crippen LogP contribution in [-0.2, 0) is 6.42 Å². The van der Waals surface area contributed by atoms with Crippen LogP contribution in [0.2, 0.25) is 0 Å². The second kappa shape index (κ2) is 8.02. The van der Waals surface area contributed by atoms with E-state index in [1.54, 1.807) is 6.20 Å². The third-order valence-corrected chi connectivity index (χ3v) is 4.73. The number of nitrogens with zero attached hydrogens (tertiary/aromatic N) is 5. The molecule has 128 valence electrons. The van der Waals surface area contributed by atoms with E-state index in [4.69, 9.17) is 0 Å². The van der Waals surface area contributed by atoms with Gasteiger partial charge in [-0.05, 0) is 54.8 Å². The maximum absolute atomic E-state index is 4.55. The maximum Gasteiger partial charge on any atom is 0.249 e. The highest BCUT2D eigenvalue weighted by Crippen LogP contribution is 2.22. The number of rotatable bonds is 6. The Balaban J connectivity index is 1.66. The predicted molar refractivity (Wildman–Crippen MR) is 103 cm³/mol. The molecule has 0 unspecified atom stereocenters. The van der Waals surface area contributed by atoms with E-state index in [0.717, 1.165) is 34.5 Å². The molecule has 2 heterocycles. The number of aryl methyl sites for hydroxylation is 1. The summed E-state index contributed by atoms with van der Waals surface area (Å²) in [6.45, 7) is 2.87. The van der Waals surface area contributed by atoms with Gasteiger partial charge in [0.2, 0.25) is 5.95 Å². The first-order valence-corrected chi connectivity index (χ1v) is 8.74. The van der Waals surface area contributed by atoms with Gasteiger partial charge in [-0.1, -0.05) is 15.9 Å². The van der Waals surface area contributed by atoms with Crippen LogP contribution < -0.4 is 10.2 Å². The third-order valence-electron chi connectivity index (χ3n) is 3.84. The van der Waals surface area contributed by atoms with Crippen molar-refractivity contribution in [2.75, 3.05) is 23.8 Å². The van der Waals surface area contributed by atoms with Crippen LogP contribution in [0.1, 0.15) is 11.1 Å². The summed E-state index contributed by atoms with van der Waals surface area (Å²) in [7, 11) is 2.00. The molecule has 0 aliphatic rings. The highest BCUT2D eigenvalue weighted by atomic mass is 79.9. The number of anilines is 3. The first-order valence-electron chi connectivity index (χ1n) is 7.95. The third kappa shape index (κ3) is 4.73. The molecule has 7 heteroatoms. The number of pyridine rings is 1. The first-order chi connectivity index (χ1) is 12.1. The summed E-state index contributed by atoms with van der Waals surface area (Å²) >= 11 is 3.50. The van der Waals surface area contributed by atoms with Crippen LogP contribution in [0.4, 0.5) is 17.5 Å². The van der Waals surface area contributed by atoms with Crippen molar-refractivity contribution in [2.24, 2.45) is 0 Å². The Labute approximate surface area is 155 Å². The van der Waals surface area contributed by atoms with Crippen molar-refractivity contribution in [2.45, 2.75) is 13.3 Å². The minimum absolute atomic E-state index is 0.481. The summed E-state index contributed by atoms with van der Waals surface area (Å²) in [6, 6.07) is 10.0. The van der Waals surface area contributed by atoms with Gasteiger partial charge < -0.3 is 10.2 Å². The molecule has 0 saturated carbocycles. The lowest BCUT2D eigenvalue weighted by atomic mass is 10.2. The monoisotopic (exact) mass is 398 g/mol. The Kier molecular flexibility index (Phi) is 5.55. The van der Waals surface area contributed by atoms with Crippen LogP contribution in [0.15, 0.2) is 53.4 Å². The van der Waals surface area contributed by atoms with Crippen molar-refractivity contribution in [1.29, 1.82) is 0 Å². The van der Waals surface area contributed by atoms with Crippen LogP contribution in [0.25, 0.3) is 0 Å². The Hall–Kier alpha value is -2.54. The van der Waals surface area contributed by atoms with Crippen LogP contribution in [0.3, 0.4) is 0 Å². The van der Waals surface area contributed by atoms with Gasteiger partial charge >= 0.3 is 0 Å². The van der Waals surface area contributed by atoms with Crippen molar-refractivity contribution in [3.8, 4) is 0 Å². The quantitative estimate of drug-likeness (QED) is 0.681. The zero-order chi connectivity index (χ0) is 17.6. The molecule has 0 saturated heterocycles. The molecule has 25 heavy (non-hydrogen) atoms. The lowest BCUT2D eigenvalue weighted by Crippen LogP contribution is -2.22. The molecule has 3 aromatic rings. The van der Waals surface area contributed by atoms with Gasteiger partial charge in [-0.15, -0.1) is 5.10 Å². The molecule has 6 nitrogen and oxygen atoms in total. The van der Waals surface area contributed by atoms with Crippen molar-refractivity contribution in [1.82, 2.24) is 20.2 Å². The molecular weight excluding hydrogens is 380 g/mol. The van der Waals surface area contributed by atoms with E-state index in [2.05, 4.69) is 46.3 Å². The van der Waals surface area contributed by atoms with E-state index >= 15 is 0 Å². The zero-order valence-electron chi connectivity index (χ0n) is 14.1. The molecule has 3 rings (SSSR count). The highest BCUT2D eigenvalue weighted by molar-refractivity contribution is 9.10. The van der Waals surface area contributed by atoms with Crippen molar-refractivity contribution >= 4 is 33.4 Å². The van der Waals surface area contributed by atoms with E-state index in [9.17, 15) is 0 Å². The lowest BCUT2D eigenvalue weighted by molar-refractivity contribution is 0.840. The van der Waals surface area contributed by atoms with Crippen LogP contribution >= 0.6 is 15.9 Å². The Morgan fingerprint density at radius 1 is 1.16 bits per heavy atom. The SMILES string of the molecule is Cc1cc(Nc2nncc(N(C)CCc3ccncc3)n2)ccc1Br. The molecule has 0 spiro atoms. The summed E-state index contributed by atoms with van der Waals surface area (Å²) in [5.74, 6) is 1.26. The first kappa shape index (κ1) is 17.3. The molecule has 0 fully saturated rings. The molecule has 1 aromatic carbocycles. The molecule has 0 aliphatic carbocycles. The fourth-order valence-corrected chi connectivity index (χ4v) is 2.59. The van der Waals surface area contributed by atoms with Crippen molar-refractivity contribution in [3.63, 3.8) is 0 Å². The van der Waals surface area contributed by atoms with E-state index in [1.807, 2.05) is 56.7 Å². The van der Waals surface area contributed by atoms with Gasteiger partial charge in [0.05, 0.1) is 6.20 Å². The Morgan fingerprint density at radius 3 is 2.72 bits per heavy atom. The standard InChI is InChI=1S/C18H19BrN6/c1-13-11-15(3-4-16(13)19)22-18-23-17(12-21-24-18)25(2)10-7-14-5-8-20-9-6-14/h3-6,8-9,11-12H,7,10H2,1-2H3,(H,22,23,24). The molecule has 0 amide bonds. The minimum Gasteiger partial charge on any atom is -0.358 e. The van der Waals surface area contributed by atoms with Crippen molar-refractivity contribution < 1.29 is 0 Å². The zero-order valence-corrected chi connectivity index (χ0v) is 15.7. The summed E-state index contributed by atoms with van der Waals surface area (Å²) in [4.78, 5) is 10.7. The number of likely N-dealkylation sites (N-methyl/N-ethyl adjacent to an activating group) is 1.